The number of nitrogens with two attached hydrogens (primary N) is 1. The van der Waals surface area contributed by atoms with Gasteiger partial charge in [0.15, 0.2) is 0 Å². The van der Waals surface area contributed by atoms with Gasteiger partial charge in [0.05, 0.1) is 0 Å². The normalized spacial score (nSPS) is 16.6. The van der Waals surface area contributed by atoms with Gasteiger partial charge in [-0.2, -0.15) is 0 Å². The zero-order valence-corrected chi connectivity index (χ0v) is 12.6. The highest BCUT2D eigenvalue weighted by molar-refractivity contribution is 7.17. The molecule has 2 aromatic rings. The van der Waals surface area contributed by atoms with E-state index in [9.17, 15) is 0 Å². The molecular formula is C17H22N2S. The van der Waals surface area contributed by atoms with E-state index in [-0.39, 0.29) is 6.04 Å². The van der Waals surface area contributed by atoms with Crippen molar-refractivity contribution in [3.63, 3.8) is 0 Å². The minimum Gasteiger partial charge on any atom is -0.329 e. The second-order valence-corrected chi connectivity index (χ2v) is 6.35. The smallest absolute Gasteiger partial charge is 0.0459 e. The van der Waals surface area contributed by atoms with Crippen LogP contribution in [0, 0.1) is 0 Å². The molecule has 0 radical (unpaired) electrons. The Labute approximate surface area is 124 Å². The molecule has 0 amide bonds. The van der Waals surface area contributed by atoms with E-state index in [1.165, 1.54) is 41.3 Å². The Morgan fingerprint density at radius 2 is 2.20 bits per heavy atom. The highest BCUT2D eigenvalue weighted by atomic mass is 32.1. The van der Waals surface area contributed by atoms with Gasteiger partial charge in [-0.1, -0.05) is 29.8 Å². The molecule has 1 atom stereocenters. The van der Waals surface area contributed by atoms with Gasteiger partial charge < -0.3 is 11.1 Å². The molecule has 1 aliphatic carbocycles. The minimum atomic E-state index is 0.271. The minimum absolute atomic E-state index is 0.271. The third-order valence-electron chi connectivity index (χ3n) is 4.09. The van der Waals surface area contributed by atoms with Gasteiger partial charge in [0, 0.05) is 17.3 Å². The molecule has 2 nitrogen and oxygen atoms in total. The van der Waals surface area contributed by atoms with Crippen molar-refractivity contribution in [3.8, 4) is 0 Å². The van der Waals surface area contributed by atoms with Crippen LogP contribution in [0.5, 0.6) is 0 Å². The Bertz CT molecular complexity index is 600. The first kappa shape index (κ1) is 13.8. The molecule has 0 bridgehead atoms. The van der Waals surface area contributed by atoms with E-state index in [0.717, 1.165) is 6.54 Å². The fourth-order valence-electron chi connectivity index (χ4n) is 2.96. The number of rotatable bonds is 6. The molecule has 3 heteroatoms. The maximum Gasteiger partial charge on any atom is 0.0459 e. The summed E-state index contributed by atoms with van der Waals surface area (Å²) in [5.74, 6) is 0. The number of nitrogens with one attached hydrogen (secondary N) is 1. The zero-order valence-electron chi connectivity index (χ0n) is 11.8. The van der Waals surface area contributed by atoms with Crippen LogP contribution in [0.4, 0.5) is 0 Å². The summed E-state index contributed by atoms with van der Waals surface area (Å²) in [5, 5.41) is 7.23. The molecule has 1 aromatic heterocycles. The summed E-state index contributed by atoms with van der Waals surface area (Å²) in [5.41, 5.74) is 8.95. The summed E-state index contributed by atoms with van der Waals surface area (Å²) in [6, 6.07) is 8.86. The van der Waals surface area contributed by atoms with Gasteiger partial charge in [-0.15, -0.1) is 11.3 Å². The van der Waals surface area contributed by atoms with Crippen molar-refractivity contribution in [3.05, 3.63) is 46.9 Å². The van der Waals surface area contributed by atoms with Crippen molar-refractivity contribution < 1.29 is 0 Å². The predicted octanol–water partition coefficient (Wildman–Crippen LogP) is 3.99. The third-order valence-corrected chi connectivity index (χ3v) is 5.08. The van der Waals surface area contributed by atoms with Crippen LogP contribution in [0.25, 0.3) is 10.1 Å². The topological polar surface area (TPSA) is 38.0 Å². The van der Waals surface area contributed by atoms with Gasteiger partial charge >= 0.3 is 0 Å². The third kappa shape index (κ3) is 2.95. The number of thiophene rings is 1. The average Bonchev–Trinajstić information content (AvgIpc) is 3.13. The molecule has 1 aliphatic rings. The lowest BCUT2D eigenvalue weighted by atomic mass is 10.1. The molecule has 0 saturated heterocycles. The van der Waals surface area contributed by atoms with Crippen molar-refractivity contribution in [2.45, 2.75) is 31.7 Å². The number of allylic oxidation sites excluding steroid dienone is 1. The van der Waals surface area contributed by atoms with E-state index in [4.69, 9.17) is 5.73 Å². The molecule has 1 heterocycles. The fourth-order valence-corrected chi connectivity index (χ4v) is 3.97. The van der Waals surface area contributed by atoms with Crippen LogP contribution in [0.15, 0.2) is 41.3 Å². The first-order chi connectivity index (χ1) is 9.88. The zero-order chi connectivity index (χ0) is 13.8. The standard InChI is InChI=1S/C17H22N2S/c18-11-16(19-10-9-13-5-1-2-6-13)15-12-20-17-8-4-3-7-14(15)17/h3-5,7-8,12,16,19H,1-2,6,9-11,18H2. The lowest BCUT2D eigenvalue weighted by Crippen LogP contribution is -2.29. The summed E-state index contributed by atoms with van der Waals surface area (Å²) in [4.78, 5) is 0. The predicted molar refractivity (Wildman–Crippen MR) is 88.2 cm³/mol. The summed E-state index contributed by atoms with van der Waals surface area (Å²) in [6.45, 7) is 1.68. The first-order valence-corrected chi connectivity index (χ1v) is 8.34. The van der Waals surface area contributed by atoms with E-state index in [0.29, 0.717) is 6.54 Å². The molecule has 1 unspecified atom stereocenters. The van der Waals surface area contributed by atoms with Crippen LogP contribution in [0.2, 0.25) is 0 Å². The van der Waals surface area contributed by atoms with E-state index in [1.54, 1.807) is 5.57 Å². The quantitative estimate of drug-likeness (QED) is 0.788. The second kappa shape index (κ2) is 6.53. The molecular weight excluding hydrogens is 264 g/mol. The van der Waals surface area contributed by atoms with E-state index >= 15 is 0 Å². The van der Waals surface area contributed by atoms with Crippen molar-refractivity contribution in [1.29, 1.82) is 0 Å². The Hall–Kier alpha value is -1.16. The van der Waals surface area contributed by atoms with Gasteiger partial charge in [0.25, 0.3) is 0 Å². The molecule has 3 N–H and O–H groups in total. The molecule has 0 fully saturated rings. The number of hydrogen-bond acceptors (Lipinski definition) is 3. The van der Waals surface area contributed by atoms with Crippen LogP contribution in [0.1, 0.15) is 37.3 Å². The van der Waals surface area contributed by atoms with Crippen molar-refractivity contribution in [2.75, 3.05) is 13.1 Å². The van der Waals surface area contributed by atoms with Crippen molar-refractivity contribution in [1.82, 2.24) is 5.32 Å². The lowest BCUT2D eigenvalue weighted by Gasteiger charge is -2.17. The first-order valence-electron chi connectivity index (χ1n) is 7.46. The van der Waals surface area contributed by atoms with Gasteiger partial charge in [-0.25, -0.2) is 0 Å². The highest BCUT2D eigenvalue weighted by Gasteiger charge is 2.14. The Balaban J connectivity index is 1.66. The van der Waals surface area contributed by atoms with Crippen LogP contribution in [-0.4, -0.2) is 13.1 Å². The summed E-state index contributed by atoms with van der Waals surface area (Å²) >= 11 is 1.81. The van der Waals surface area contributed by atoms with Crippen LogP contribution in [-0.2, 0) is 0 Å². The van der Waals surface area contributed by atoms with Gasteiger partial charge in [-0.05, 0) is 54.6 Å². The molecule has 0 saturated carbocycles. The SMILES string of the molecule is NCC(NCCC1=CCCC1)c1csc2ccccc12. The molecule has 20 heavy (non-hydrogen) atoms. The largest absolute Gasteiger partial charge is 0.329 e. The molecule has 106 valence electrons. The average molecular weight is 286 g/mol. The number of hydrogen-bond donors (Lipinski definition) is 2. The number of benzene rings is 1. The lowest BCUT2D eigenvalue weighted by molar-refractivity contribution is 0.546. The molecule has 3 rings (SSSR count). The van der Waals surface area contributed by atoms with Gasteiger partial charge in [0.1, 0.15) is 0 Å². The van der Waals surface area contributed by atoms with Gasteiger partial charge in [-0.3, -0.25) is 0 Å². The second-order valence-electron chi connectivity index (χ2n) is 5.43. The molecule has 0 aliphatic heterocycles. The molecule has 0 spiro atoms. The van der Waals surface area contributed by atoms with Crippen LogP contribution in [0.3, 0.4) is 0 Å². The summed E-state index contributed by atoms with van der Waals surface area (Å²) in [6.07, 6.45) is 7.46. The van der Waals surface area contributed by atoms with E-state index < -0.39 is 0 Å². The maximum absolute atomic E-state index is 5.98. The Morgan fingerprint density at radius 3 is 3.00 bits per heavy atom. The number of fused-ring (bicyclic) bond motifs is 1. The van der Waals surface area contributed by atoms with Gasteiger partial charge in [0.2, 0.25) is 0 Å². The van der Waals surface area contributed by atoms with E-state index in [2.05, 4.69) is 41.0 Å². The molecule has 1 aromatic carbocycles. The Kier molecular flexibility index (Phi) is 4.51. The summed E-state index contributed by atoms with van der Waals surface area (Å²) in [7, 11) is 0. The Morgan fingerprint density at radius 1 is 1.30 bits per heavy atom. The maximum atomic E-state index is 5.98. The van der Waals surface area contributed by atoms with Crippen LogP contribution >= 0.6 is 11.3 Å². The fraction of sp³-hybridized carbons (Fsp3) is 0.412. The van der Waals surface area contributed by atoms with Crippen LogP contribution < -0.4 is 11.1 Å². The van der Waals surface area contributed by atoms with Crippen molar-refractivity contribution >= 4 is 21.4 Å². The van der Waals surface area contributed by atoms with Crippen molar-refractivity contribution in [2.24, 2.45) is 5.73 Å². The highest BCUT2D eigenvalue weighted by Crippen LogP contribution is 2.30. The summed E-state index contributed by atoms with van der Waals surface area (Å²) < 4.78 is 1.35. The van der Waals surface area contributed by atoms with E-state index in [1.807, 2.05) is 11.3 Å². The monoisotopic (exact) mass is 286 g/mol.